The Balaban J connectivity index is 1.52. The number of ketones is 1. The summed E-state index contributed by atoms with van der Waals surface area (Å²) in [6, 6.07) is 7.43. The van der Waals surface area contributed by atoms with Gasteiger partial charge in [0.05, 0.1) is 22.3 Å². The van der Waals surface area contributed by atoms with E-state index in [-0.39, 0.29) is 35.4 Å². The molecule has 9 nitrogen and oxygen atoms in total. The van der Waals surface area contributed by atoms with Gasteiger partial charge in [-0.15, -0.1) is 0 Å². The highest BCUT2D eigenvalue weighted by atomic mass is 35.5. The van der Waals surface area contributed by atoms with Gasteiger partial charge in [0, 0.05) is 33.6 Å². The average Bonchev–Trinajstić information content (AvgIpc) is 3.21. The lowest BCUT2D eigenvalue weighted by Gasteiger charge is -2.38. The maximum absolute atomic E-state index is 13.2. The normalized spacial score (nSPS) is 15.4. The van der Waals surface area contributed by atoms with Crippen LogP contribution in [0, 0.1) is 5.82 Å². The van der Waals surface area contributed by atoms with Crippen LogP contribution in [0.3, 0.4) is 0 Å². The van der Waals surface area contributed by atoms with Crippen molar-refractivity contribution in [2.45, 2.75) is 24.9 Å². The van der Waals surface area contributed by atoms with Crippen LogP contribution in [-0.2, 0) is 11.2 Å². The van der Waals surface area contributed by atoms with E-state index in [1.807, 2.05) is 0 Å². The summed E-state index contributed by atoms with van der Waals surface area (Å²) in [7, 11) is 2.89. The van der Waals surface area contributed by atoms with Gasteiger partial charge in [0.2, 0.25) is 5.82 Å². The third kappa shape index (κ3) is 4.64. The second-order valence-electron chi connectivity index (χ2n) is 8.61. The van der Waals surface area contributed by atoms with Crippen molar-refractivity contribution >= 4 is 34.7 Å². The molecule has 1 N–H and O–H groups in total. The van der Waals surface area contributed by atoms with E-state index in [1.54, 1.807) is 12.1 Å². The average molecular weight is 488 g/mol. The second kappa shape index (κ2) is 9.11. The van der Waals surface area contributed by atoms with Gasteiger partial charge < -0.3 is 14.9 Å². The van der Waals surface area contributed by atoms with E-state index in [1.165, 1.54) is 43.4 Å². The Bertz CT molecular complexity index is 1270. The minimum absolute atomic E-state index is 0.0810. The van der Waals surface area contributed by atoms with Gasteiger partial charge in [-0.3, -0.25) is 14.4 Å². The Morgan fingerprint density at radius 2 is 1.82 bits per heavy atom. The number of likely N-dealkylation sites (N-methyl/N-ethyl adjacent to an activating group) is 1. The molecule has 1 fully saturated rings. The molecule has 0 atom stereocenters. The van der Waals surface area contributed by atoms with Gasteiger partial charge in [-0.2, -0.15) is 5.10 Å². The van der Waals surface area contributed by atoms with E-state index < -0.39 is 23.2 Å². The fourth-order valence-corrected chi connectivity index (χ4v) is 4.17. The third-order valence-corrected chi connectivity index (χ3v) is 6.19. The maximum Gasteiger partial charge on any atom is 0.297 e. The number of benzene rings is 1. The molecule has 0 saturated carbocycles. The Labute approximate surface area is 199 Å². The highest BCUT2D eigenvalue weighted by Crippen LogP contribution is 2.28. The Hall–Kier alpha value is -3.37. The fraction of sp³-hybridized carbons (Fsp3) is 0.348. The summed E-state index contributed by atoms with van der Waals surface area (Å²) in [4.78, 5) is 44.4. The van der Waals surface area contributed by atoms with Gasteiger partial charge in [0.25, 0.3) is 17.6 Å². The molecule has 2 aromatic heterocycles. The highest BCUT2D eigenvalue weighted by molar-refractivity contribution is 6.41. The number of hydrogen-bond acceptors (Lipinski definition) is 6. The number of fused-ring (bicyclic) bond motifs is 1. The molecule has 4 rings (SSSR count). The molecule has 0 aliphatic carbocycles. The number of halogens is 2. The monoisotopic (exact) mass is 487 g/mol. The molecule has 1 aliphatic rings. The van der Waals surface area contributed by atoms with E-state index in [0.29, 0.717) is 24.8 Å². The summed E-state index contributed by atoms with van der Waals surface area (Å²) in [5.41, 5.74) is 0.0707. The fourth-order valence-electron chi connectivity index (χ4n) is 3.94. The van der Waals surface area contributed by atoms with Crippen molar-refractivity contribution in [3.8, 4) is 0 Å². The Kier molecular flexibility index (Phi) is 6.37. The van der Waals surface area contributed by atoms with Gasteiger partial charge >= 0.3 is 0 Å². The summed E-state index contributed by atoms with van der Waals surface area (Å²) in [5.74, 6) is -2.64. The largest absolute Gasteiger partial charge is 0.389 e. The number of imidazole rings is 1. The molecule has 34 heavy (non-hydrogen) atoms. The van der Waals surface area contributed by atoms with E-state index in [9.17, 15) is 23.9 Å². The minimum atomic E-state index is -1.02. The molecule has 3 aromatic rings. The smallest absolute Gasteiger partial charge is 0.297 e. The van der Waals surface area contributed by atoms with Gasteiger partial charge in [-0.25, -0.2) is 13.9 Å². The number of piperidine rings is 1. The summed E-state index contributed by atoms with van der Waals surface area (Å²) in [5, 5.41) is 15.3. The molecule has 1 aromatic carbocycles. The van der Waals surface area contributed by atoms with Crippen LogP contribution in [0.2, 0.25) is 5.02 Å². The van der Waals surface area contributed by atoms with Crippen molar-refractivity contribution < 1.29 is 23.9 Å². The first-order chi connectivity index (χ1) is 16.1. The van der Waals surface area contributed by atoms with E-state index >= 15 is 0 Å². The van der Waals surface area contributed by atoms with E-state index in [4.69, 9.17) is 11.6 Å². The second-order valence-corrected chi connectivity index (χ2v) is 9.02. The molecule has 178 valence electrons. The van der Waals surface area contributed by atoms with Crippen LogP contribution < -0.4 is 0 Å². The molecular weight excluding hydrogens is 465 g/mol. The molecule has 11 heteroatoms. The number of amides is 2. The van der Waals surface area contributed by atoms with Crippen molar-refractivity contribution in [2.24, 2.45) is 0 Å². The number of nitrogens with zero attached hydrogens (tertiary/aromatic N) is 5. The van der Waals surface area contributed by atoms with Gasteiger partial charge in [-0.05, 0) is 36.6 Å². The molecule has 0 unspecified atom stereocenters. The number of Topliss-reactive ketones (excluding diaryl/α,β-unsaturated/α-hetero) is 1. The van der Waals surface area contributed by atoms with Crippen LogP contribution >= 0.6 is 11.6 Å². The van der Waals surface area contributed by atoms with Crippen molar-refractivity contribution in [3.63, 3.8) is 0 Å². The first-order valence-electron chi connectivity index (χ1n) is 10.6. The van der Waals surface area contributed by atoms with Crippen LogP contribution in [0.5, 0.6) is 0 Å². The number of hydrogen-bond donors (Lipinski definition) is 1. The van der Waals surface area contributed by atoms with Gasteiger partial charge in [0.1, 0.15) is 5.82 Å². The predicted octanol–water partition coefficient (Wildman–Crippen LogP) is 2.00. The van der Waals surface area contributed by atoms with Crippen molar-refractivity contribution in [3.05, 3.63) is 64.5 Å². The summed E-state index contributed by atoms with van der Waals surface area (Å²) in [6.45, 7) is 0.531. The number of likely N-dealkylation sites (tertiary alicyclic amines) is 1. The highest BCUT2D eigenvalue weighted by Gasteiger charge is 2.35. The zero-order valence-electron chi connectivity index (χ0n) is 18.7. The number of rotatable bonds is 5. The molecule has 1 saturated heterocycles. The van der Waals surface area contributed by atoms with E-state index in [0.717, 1.165) is 15.0 Å². The predicted molar refractivity (Wildman–Crippen MR) is 121 cm³/mol. The first kappa shape index (κ1) is 23.8. The van der Waals surface area contributed by atoms with Crippen LogP contribution in [0.4, 0.5) is 4.39 Å². The standard InChI is InChI=1S/C23H23ClFN5O4/c1-28(2)22(33)19(31)20-26-13-16-11-17(24)18(27-30(16)20)21(32)29-9-7-23(34,8-10-29)12-14-3-5-15(25)6-4-14/h3-6,11,13,34H,7-10,12H2,1-2H3. The van der Waals surface area contributed by atoms with Crippen molar-refractivity contribution in [1.29, 1.82) is 0 Å². The molecule has 3 heterocycles. The quantitative estimate of drug-likeness (QED) is 0.435. The third-order valence-electron chi connectivity index (χ3n) is 5.90. The lowest BCUT2D eigenvalue weighted by molar-refractivity contribution is -0.124. The zero-order valence-corrected chi connectivity index (χ0v) is 19.4. The van der Waals surface area contributed by atoms with E-state index in [2.05, 4.69) is 10.1 Å². The zero-order chi connectivity index (χ0) is 24.6. The number of aromatic nitrogens is 3. The lowest BCUT2D eigenvalue weighted by Crippen LogP contribution is -2.48. The molecule has 0 spiro atoms. The molecule has 0 radical (unpaired) electrons. The molecule has 0 bridgehead atoms. The summed E-state index contributed by atoms with van der Waals surface area (Å²) < 4.78 is 14.3. The van der Waals surface area contributed by atoms with Crippen LogP contribution in [0.1, 0.15) is 39.5 Å². The molecular formula is C23H23ClFN5O4. The van der Waals surface area contributed by atoms with Crippen LogP contribution in [-0.4, -0.2) is 79.9 Å². The minimum Gasteiger partial charge on any atom is -0.389 e. The molecule has 1 aliphatic heterocycles. The van der Waals surface area contributed by atoms with Crippen molar-refractivity contribution in [2.75, 3.05) is 27.2 Å². The topological polar surface area (TPSA) is 108 Å². The van der Waals surface area contributed by atoms with Gasteiger partial charge in [0.15, 0.2) is 5.69 Å². The van der Waals surface area contributed by atoms with Crippen molar-refractivity contribution in [1.82, 2.24) is 24.4 Å². The summed E-state index contributed by atoms with van der Waals surface area (Å²) in [6.07, 6.45) is 2.34. The SMILES string of the molecule is CN(C)C(=O)C(=O)c1ncc2cc(Cl)c(C(=O)N3CCC(O)(Cc4ccc(F)cc4)CC3)nn12. The summed E-state index contributed by atoms with van der Waals surface area (Å²) >= 11 is 6.30. The van der Waals surface area contributed by atoms with Crippen LogP contribution in [0.15, 0.2) is 36.5 Å². The Morgan fingerprint density at radius 3 is 2.44 bits per heavy atom. The Morgan fingerprint density at radius 1 is 1.18 bits per heavy atom. The number of carbonyl (C=O) groups excluding carboxylic acids is 3. The lowest BCUT2D eigenvalue weighted by atomic mass is 9.85. The molecule has 2 amide bonds. The maximum atomic E-state index is 13.2. The number of carbonyl (C=O) groups is 3. The van der Waals surface area contributed by atoms with Crippen LogP contribution in [0.25, 0.3) is 5.52 Å². The first-order valence-corrected chi connectivity index (χ1v) is 11.0. The van der Waals surface area contributed by atoms with Gasteiger partial charge in [-0.1, -0.05) is 23.7 Å². The number of aliphatic hydroxyl groups is 1.